The minimum atomic E-state index is -1.11. The number of ether oxygens (including phenoxy) is 1. The van der Waals surface area contributed by atoms with Crippen molar-refractivity contribution in [3.05, 3.63) is 46.5 Å². The molecule has 6 heteroatoms. The van der Waals surface area contributed by atoms with Gasteiger partial charge in [0.1, 0.15) is 17.9 Å². The van der Waals surface area contributed by atoms with Crippen LogP contribution in [-0.4, -0.2) is 17.1 Å². The number of fused-ring (bicyclic) bond motifs is 1. The molecule has 2 aromatic rings. The van der Waals surface area contributed by atoms with Gasteiger partial charge in [-0.25, -0.2) is 0 Å². The first kappa shape index (κ1) is 13.8. The van der Waals surface area contributed by atoms with Gasteiger partial charge < -0.3 is 10.5 Å². The molecule has 0 aliphatic heterocycles. The number of nitro benzene ring substituents is 1. The van der Waals surface area contributed by atoms with Crippen LogP contribution in [0.3, 0.4) is 0 Å². The molecule has 0 aliphatic carbocycles. The smallest absolute Gasteiger partial charge is 0.277 e. The highest BCUT2D eigenvalue weighted by Crippen LogP contribution is 2.32. The Kier molecular flexibility index (Phi) is 3.55. The van der Waals surface area contributed by atoms with Crippen molar-refractivity contribution in [1.82, 2.24) is 0 Å². The monoisotopic (exact) mass is 271 g/mol. The number of non-ortho nitro benzene ring substituents is 1. The minimum absolute atomic E-state index is 0.00526. The van der Waals surface area contributed by atoms with Gasteiger partial charge in [-0.3, -0.25) is 10.1 Å². The van der Waals surface area contributed by atoms with E-state index in [1.807, 2.05) is 6.07 Å². The molecule has 1 atom stereocenters. The van der Waals surface area contributed by atoms with Gasteiger partial charge in [0, 0.05) is 11.5 Å². The quantitative estimate of drug-likeness (QED) is 0.679. The second-order valence-corrected chi connectivity index (χ2v) is 4.70. The van der Waals surface area contributed by atoms with Crippen LogP contribution in [0.25, 0.3) is 10.8 Å². The molecular formula is C14H13N3O3. The summed E-state index contributed by atoms with van der Waals surface area (Å²) in [6.45, 7) is 1.56. The Morgan fingerprint density at radius 2 is 2.00 bits per heavy atom. The summed E-state index contributed by atoms with van der Waals surface area (Å²) in [6, 6.07) is 11.7. The molecule has 0 spiro atoms. The van der Waals surface area contributed by atoms with Crippen molar-refractivity contribution in [3.63, 3.8) is 0 Å². The lowest BCUT2D eigenvalue weighted by Gasteiger charge is -2.17. The SMILES string of the molecule is CC(N)(C#N)COc1ccc([N+](=O)[O-])c2ccccc12. The van der Waals surface area contributed by atoms with E-state index in [1.54, 1.807) is 31.2 Å². The summed E-state index contributed by atoms with van der Waals surface area (Å²) in [4.78, 5) is 10.6. The molecule has 0 saturated heterocycles. The Morgan fingerprint density at radius 3 is 2.60 bits per heavy atom. The van der Waals surface area contributed by atoms with Crippen LogP contribution in [0.4, 0.5) is 5.69 Å². The van der Waals surface area contributed by atoms with Gasteiger partial charge in [0.2, 0.25) is 0 Å². The zero-order valence-corrected chi connectivity index (χ0v) is 10.9. The zero-order valence-electron chi connectivity index (χ0n) is 10.9. The van der Waals surface area contributed by atoms with Crippen LogP contribution in [0.1, 0.15) is 6.92 Å². The van der Waals surface area contributed by atoms with Crippen LogP contribution in [-0.2, 0) is 0 Å². The molecule has 6 nitrogen and oxygen atoms in total. The van der Waals surface area contributed by atoms with Crippen molar-refractivity contribution in [2.24, 2.45) is 5.73 Å². The predicted octanol–water partition coefficient (Wildman–Crippen LogP) is 2.37. The van der Waals surface area contributed by atoms with Gasteiger partial charge in [-0.15, -0.1) is 0 Å². The van der Waals surface area contributed by atoms with E-state index >= 15 is 0 Å². The van der Waals surface area contributed by atoms with Crippen LogP contribution in [0.5, 0.6) is 5.75 Å². The van der Waals surface area contributed by atoms with Gasteiger partial charge in [-0.2, -0.15) is 5.26 Å². The maximum atomic E-state index is 11.0. The molecular weight excluding hydrogens is 258 g/mol. The van der Waals surface area contributed by atoms with Crippen LogP contribution in [0, 0.1) is 21.4 Å². The highest BCUT2D eigenvalue weighted by atomic mass is 16.6. The lowest BCUT2D eigenvalue weighted by molar-refractivity contribution is -0.383. The third-order valence-electron chi connectivity index (χ3n) is 2.84. The summed E-state index contributed by atoms with van der Waals surface area (Å²) in [5.41, 5.74) is 4.60. The fraction of sp³-hybridized carbons (Fsp3) is 0.214. The number of nitriles is 1. The molecule has 0 saturated carbocycles. The molecule has 0 amide bonds. The van der Waals surface area contributed by atoms with E-state index in [4.69, 9.17) is 15.7 Å². The Morgan fingerprint density at radius 1 is 1.35 bits per heavy atom. The lowest BCUT2D eigenvalue weighted by atomic mass is 10.1. The molecule has 0 fully saturated rings. The molecule has 2 N–H and O–H groups in total. The topological polar surface area (TPSA) is 102 Å². The number of hydrogen-bond donors (Lipinski definition) is 1. The number of nitrogens with zero attached hydrogens (tertiary/aromatic N) is 2. The summed E-state index contributed by atoms with van der Waals surface area (Å²) in [5, 5.41) is 21.0. The summed E-state index contributed by atoms with van der Waals surface area (Å²) in [7, 11) is 0. The summed E-state index contributed by atoms with van der Waals surface area (Å²) < 4.78 is 5.54. The van der Waals surface area contributed by atoms with E-state index < -0.39 is 10.5 Å². The molecule has 0 aliphatic rings. The lowest BCUT2D eigenvalue weighted by Crippen LogP contribution is -2.40. The van der Waals surface area contributed by atoms with Gasteiger partial charge >= 0.3 is 0 Å². The highest BCUT2D eigenvalue weighted by Gasteiger charge is 2.20. The number of hydrogen-bond acceptors (Lipinski definition) is 5. The van der Waals surface area contributed by atoms with Crippen LogP contribution >= 0.6 is 0 Å². The van der Waals surface area contributed by atoms with Gasteiger partial charge in [-0.05, 0) is 19.1 Å². The normalized spacial score (nSPS) is 13.4. The average Bonchev–Trinajstić information content (AvgIpc) is 2.44. The molecule has 0 heterocycles. The third-order valence-corrected chi connectivity index (χ3v) is 2.84. The fourth-order valence-electron chi connectivity index (χ4n) is 1.80. The number of nitro groups is 1. The van der Waals surface area contributed by atoms with Crippen molar-refractivity contribution >= 4 is 16.5 Å². The Bertz CT molecular complexity index is 704. The van der Waals surface area contributed by atoms with Crippen molar-refractivity contribution < 1.29 is 9.66 Å². The summed E-state index contributed by atoms with van der Waals surface area (Å²) in [6.07, 6.45) is 0. The first-order chi connectivity index (χ1) is 9.44. The van der Waals surface area contributed by atoms with E-state index in [0.29, 0.717) is 16.5 Å². The van der Waals surface area contributed by atoms with Gasteiger partial charge in [-0.1, -0.05) is 18.2 Å². The second kappa shape index (κ2) is 5.15. The van der Waals surface area contributed by atoms with Gasteiger partial charge in [0.15, 0.2) is 0 Å². The van der Waals surface area contributed by atoms with E-state index in [2.05, 4.69) is 0 Å². The Balaban J connectivity index is 2.44. The predicted molar refractivity (Wildman–Crippen MR) is 74.3 cm³/mol. The summed E-state index contributed by atoms with van der Waals surface area (Å²) in [5.74, 6) is 0.470. The minimum Gasteiger partial charge on any atom is -0.490 e. The van der Waals surface area contributed by atoms with Crippen molar-refractivity contribution in [2.45, 2.75) is 12.5 Å². The van der Waals surface area contributed by atoms with Crippen LogP contribution < -0.4 is 10.5 Å². The molecule has 0 bridgehead atoms. The maximum Gasteiger partial charge on any atom is 0.277 e. The first-order valence-electron chi connectivity index (χ1n) is 5.94. The van der Waals surface area contributed by atoms with E-state index in [1.165, 1.54) is 12.1 Å². The standard InChI is InChI=1S/C14H13N3O3/c1-14(16,8-15)9-20-13-7-6-12(17(18)19)10-4-2-3-5-11(10)13/h2-7H,9,16H2,1H3. The molecule has 0 aromatic heterocycles. The van der Waals surface area contributed by atoms with Gasteiger partial charge in [0.05, 0.1) is 16.4 Å². The third kappa shape index (κ3) is 2.68. The molecule has 0 radical (unpaired) electrons. The Hall–Kier alpha value is -2.65. The Labute approximate surface area is 115 Å². The first-order valence-corrected chi connectivity index (χ1v) is 5.94. The fourth-order valence-corrected chi connectivity index (χ4v) is 1.80. The second-order valence-electron chi connectivity index (χ2n) is 4.70. The van der Waals surface area contributed by atoms with Crippen LogP contribution in [0.2, 0.25) is 0 Å². The average molecular weight is 271 g/mol. The number of benzene rings is 2. The van der Waals surface area contributed by atoms with Crippen molar-refractivity contribution in [1.29, 1.82) is 5.26 Å². The maximum absolute atomic E-state index is 11.0. The van der Waals surface area contributed by atoms with Crippen LogP contribution in [0.15, 0.2) is 36.4 Å². The van der Waals surface area contributed by atoms with Crippen molar-refractivity contribution in [2.75, 3.05) is 6.61 Å². The molecule has 20 heavy (non-hydrogen) atoms. The molecule has 2 rings (SSSR count). The van der Waals surface area contributed by atoms with E-state index in [9.17, 15) is 10.1 Å². The number of nitrogens with two attached hydrogens (primary N) is 1. The van der Waals surface area contributed by atoms with Crippen molar-refractivity contribution in [3.8, 4) is 11.8 Å². The highest BCUT2D eigenvalue weighted by molar-refractivity contribution is 5.95. The molecule has 1 unspecified atom stereocenters. The largest absolute Gasteiger partial charge is 0.490 e. The van der Waals surface area contributed by atoms with E-state index in [0.717, 1.165) is 0 Å². The zero-order chi connectivity index (χ0) is 14.8. The summed E-state index contributed by atoms with van der Waals surface area (Å²) >= 11 is 0. The number of rotatable bonds is 4. The van der Waals surface area contributed by atoms with E-state index in [-0.39, 0.29) is 12.3 Å². The molecule has 102 valence electrons. The molecule has 2 aromatic carbocycles. The van der Waals surface area contributed by atoms with Gasteiger partial charge in [0.25, 0.3) is 5.69 Å².